The highest BCUT2D eigenvalue weighted by atomic mass is 16.7. The molecular weight excluding hydrogens is 459 g/mol. The van der Waals surface area contributed by atoms with E-state index in [1.165, 1.54) is 0 Å². The predicted molar refractivity (Wildman–Crippen MR) is 141 cm³/mol. The zero-order valence-corrected chi connectivity index (χ0v) is 19.8. The monoisotopic (exact) mass is 489 g/mol. The molecule has 9 nitrogen and oxygen atoms in total. The summed E-state index contributed by atoms with van der Waals surface area (Å²) in [4.78, 5) is 0. The smallest absolute Gasteiger partial charge is 0.445 e. The van der Waals surface area contributed by atoms with E-state index in [4.69, 9.17) is 30.9 Å². The third-order valence-electron chi connectivity index (χ3n) is 6.24. The average molecular weight is 489 g/mol. The first kappa shape index (κ1) is 26.6. The van der Waals surface area contributed by atoms with Crippen molar-refractivity contribution in [3.63, 3.8) is 0 Å². The van der Waals surface area contributed by atoms with Crippen molar-refractivity contribution in [2.75, 3.05) is 19.6 Å². The molecule has 186 valence electrons. The molecule has 12 heteroatoms. The van der Waals surface area contributed by atoms with Gasteiger partial charge in [0.2, 0.25) is 0 Å². The van der Waals surface area contributed by atoms with E-state index in [1.807, 2.05) is 18.2 Å². The quantitative estimate of drug-likeness (QED) is 0.191. The summed E-state index contributed by atoms with van der Waals surface area (Å²) in [5.74, 6) is 0. The van der Waals surface area contributed by atoms with Crippen LogP contribution in [0.5, 0.6) is 0 Å². The van der Waals surface area contributed by atoms with Crippen LogP contribution in [0.2, 0.25) is 0 Å². The van der Waals surface area contributed by atoms with Crippen LogP contribution in [0, 0.1) is 0 Å². The van der Waals surface area contributed by atoms with Crippen molar-refractivity contribution in [2.24, 2.45) is 17.2 Å². The molecule has 1 aliphatic heterocycles. The summed E-state index contributed by atoms with van der Waals surface area (Å²) in [5.41, 5.74) is 20.7. The fraction of sp³-hybridized carbons (Fsp3) is 0.250. The minimum Gasteiger partial charge on any atom is -0.445 e. The summed E-state index contributed by atoms with van der Waals surface area (Å²) in [6.07, 6.45) is -2.78. The van der Waals surface area contributed by atoms with E-state index < -0.39 is 39.7 Å². The van der Waals surface area contributed by atoms with Crippen LogP contribution in [0.4, 0.5) is 0 Å². The van der Waals surface area contributed by atoms with Gasteiger partial charge in [-0.25, -0.2) is 0 Å². The molecular formula is C24H30B3N3O6. The molecule has 0 aliphatic carbocycles. The SMILES string of the molecule is NCC(O)c1ccccc1B1OB(c2ccccc2C(O)CN)OB(c2ccccc2C(O)CN)O1. The standard InChI is InChI=1S/C24H30B3N3O6/c28-13-22(31)16-7-1-4-10-19(16)25-34-26(20-11-5-2-8-17(20)23(32)14-29)36-27(35-25)21-12-6-3-9-18(21)24(33)15-30/h1-12,22-24,31-33H,13-15,28-30H2. The lowest BCUT2D eigenvalue weighted by Gasteiger charge is -2.34. The van der Waals surface area contributed by atoms with Crippen LogP contribution in [0.1, 0.15) is 35.0 Å². The Morgan fingerprint density at radius 2 is 0.750 bits per heavy atom. The first-order valence-corrected chi connectivity index (χ1v) is 11.9. The maximum Gasteiger partial charge on any atom is 0.467 e. The van der Waals surface area contributed by atoms with Gasteiger partial charge in [0.1, 0.15) is 0 Å². The van der Waals surface area contributed by atoms with Crippen LogP contribution < -0.4 is 33.6 Å². The summed E-state index contributed by atoms with van der Waals surface area (Å²) in [7, 11) is -2.88. The van der Waals surface area contributed by atoms with E-state index in [1.54, 1.807) is 54.6 Å². The Hall–Kier alpha value is -2.51. The maximum absolute atomic E-state index is 10.5. The molecule has 0 radical (unpaired) electrons. The Morgan fingerprint density at radius 1 is 0.500 bits per heavy atom. The average Bonchev–Trinajstić information content (AvgIpc) is 2.95. The van der Waals surface area contributed by atoms with Gasteiger partial charge in [-0.2, -0.15) is 0 Å². The van der Waals surface area contributed by atoms with Crippen LogP contribution in [0.15, 0.2) is 72.8 Å². The lowest BCUT2D eigenvalue weighted by molar-refractivity contribution is 0.186. The molecule has 0 saturated carbocycles. The van der Waals surface area contributed by atoms with Gasteiger partial charge in [0.15, 0.2) is 0 Å². The number of benzene rings is 3. The number of hydrogen-bond donors (Lipinski definition) is 6. The first-order chi connectivity index (χ1) is 17.5. The van der Waals surface area contributed by atoms with Crippen molar-refractivity contribution >= 4 is 37.7 Å². The number of aliphatic hydroxyl groups is 3. The van der Waals surface area contributed by atoms with Crippen LogP contribution in [0.25, 0.3) is 0 Å². The molecule has 3 atom stereocenters. The molecule has 0 amide bonds. The largest absolute Gasteiger partial charge is 0.467 e. The van der Waals surface area contributed by atoms with Crippen molar-refractivity contribution < 1.29 is 29.0 Å². The van der Waals surface area contributed by atoms with Gasteiger partial charge >= 0.3 is 21.4 Å². The van der Waals surface area contributed by atoms with Gasteiger partial charge in [0.25, 0.3) is 0 Å². The third-order valence-corrected chi connectivity index (χ3v) is 6.24. The van der Waals surface area contributed by atoms with Crippen molar-refractivity contribution in [3.05, 3.63) is 89.5 Å². The second-order valence-electron chi connectivity index (χ2n) is 8.55. The molecule has 1 aliphatic rings. The number of aliphatic hydroxyl groups excluding tert-OH is 3. The molecule has 0 bridgehead atoms. The molecule has 4 rings (SSSR count). The van der Waals surface area contributed by atoms with Crippen molar-refractivity contribution in [1.82, 2.24) is 0 Å². The fourth-order valence-electron chi connectivity index (χ4n) is 4.34. The second kappa shape index (κ2) is 12.2. The number of nitrogens with two attached hydrogens (primary N) is 3. The molecule has 9 N–H and O–H groups in total. The van der Waals surface area contributed by atoms with Crippen molar-refractivity contribution in [2.45, 2.75) is 18.3 Å². The summed E-state index contributed by atoms with van der Waals surface area (Å²) in [5, 5.41) is 31.6. The molecule has 3 aromatic rings. The van der Waals surface area contributed by atoms with Gasteiger partial charge in [-0.1, -0.05) is 72.8 Å². The number of hydrogen-bond acceptors (Lipinski definition) is 9. The fourth-order valence-corrected chi connectivity index (χ4v) is 4.34. The Labute approximate surface area is 211 Å². The van der Waals surface area contributed by atoms with E-state index in [9.17, 15) is 15.3 Å². The molecule has 0 spiro atoms. The molecule has 36 heavy (non-hydrogen) atoms. The highest BCUT2D eigenvalue weighted by molar-refractivity contribution is 6.87. The lowest BCUT2D eigenvalue weighted by Crippen LogP contribution is -2.63. The minimum absolute atomic E-state index is 0.0180. The van der Waals surface area contributed by atoms with Crippen molar-refractivity contribution in [1.29, 1.82) is 0 Å². The van der Waals surface area contributed by atoms with Crippen LogP contribution in [0.3, 0.4) is 0 Å². The number of rotatable bonds is 9. The topological polar surface area (TPSA) is 166 Å². The molecule has 1 fully saturated rings. The Bertz CT molecular complexity index is 1010. The maximum atomic E-state index is 10.5. The van der Waals surface area contributed by atoms with E-state index in [0.29, 0.717) is 33.1 Å². The summed E-state index contributed by atoms with van der Waals surface area (Å²) in [6, 6.07) is 21.5. The highest BCUT2D eigenvalue weighted by Crippen LogP contribution is 2.19. The summed E-state index contributed by atoms with van der Waals surface area (Å²) < 4.78 is 18.8. The van der Waals surface area contributed by atoms with Gasteiger partial charge in [0, 0.05) is 19.6 Å². The Morgan fingerprint density at radius 3 is 1.00 bits per heavy atom. The second-order valence-corrected chi connectivity index (χ2v) is 8.55. The van der Waals surface area contributed by atoms with E-state index in [2.05, 4.69) is 0 Å². The molecule has 3 unspecified atom stereocenters. The Kier molecular flexibility index (Phi) is 8.97. The van der Waals surface area contributed by atoms with Crippen molar-refractivity contribution in [3.8, 4) is 0 Å². The normalized spacial score (nSPS) is 16.7. The van der Waals surface area contributed by atoms with E-state index in [0.717, 1.165) is 0 Å². The van der Waals surface area contributed by atoms with Gasteiger partial charge in [0.05, 0.1) is 18.3 Å². The zero-order chi connectivity index (χ0) is 25.7. The van der Waals surface area contributed by atoms with Gasteiger partial charge < -0.3 is 46.2 Å². The molecule has 1 heterocycles. The van der Waals surface area contributed by atoms with E-state index in [-0.39, 0.29) is 19.6 Å². The molecule has 3 aromatic carbocycles. The summed E-state index contributed by atoms with van der Waals surface area (Å²) >= 11 is 0. The minimum atomic E-state index is -0.961. The predicted octanol–water partition coefficient (Wildman–Crippen LogP) is -1.79. The summed E-state index contributed by atoms with van der Waals surface area (Å²) in [6.45, 7) is 0.0540. The van der Waals surface area contributed by atoms with E-state index >= 15 is 0 Å². The van der Waals surface area contributed by atoms with Crippen LogP contribution >= 0.6 is 0 Å². The van der Waals surface area contributed by atoms with Crippen LogP contribution in [-0.2, 0) is 13.7 Å². The molecule has 0 aromatic heterocycles. The first-order valence-electron chi connectivity index (χ1n) is 11.9. The molecule has 1 saturated heterocycles. The van der Waals surface area contributed by atoms with Gasteiger partial charge in [-0.3, -0.25) is 0 Å². The Balaban J connectivity index is 1.81. The third kappa shape index (κ3) is 5.57. The van der Waals surface area contributed by atoms with Gasteiger partial charge in [-0.05, 0) is 33.1 Å². The lowest BCUT2D eigenvalue weighted by atomic mass is 9.59. The van der Waals surface area contributed by atoms with Gasteiger partial charge in [-0.15, -0.1) is 0 Å². The zero-order valence-electron chi connectivity index (χ0n) is 19.8. The van der Waals surface area contributed by atoms with Crippen LogP contribution in [-0.4, -0.2) is 56.3 Å². The highest BCUT2D eigenvalue weighted by Gasteiger charge is 2.46.